The number of hydrogen-bond acceptors (Lipinski definition) is 3. The van der Waals surface area contributed by atoms with Gasteiger partial charge in [-0.2, -0.15) is 0 Å². The molecule has 4 heteroatoms. The van der Waals surface area contributed by atoms with E-state index in [4.69, 9.17) is 0 Å². The van der Waals surface area contributed by atoms with Crippen LogP contribution in [0.1, 0.15) is 51.9 Å². The summed E-state index contributed by atoms with van der Waals surface area (Å²) in [5.74, 6) is 0.0661. The normalized spacial score (nSPS) is 19.2. The highest BCUT2D eigenvalue weighted by Crippen LogP contribution is 2.25. The first-order chi connectivity index (χ1) is 8.13. The number of rotatable bonds is 4. The molecule has 0 heterocycles. The lowest BCUT2D eigenvalue weighted by Crippen LogP contribution is -2.39. The van der Waals surface area contributed by atoms with Crippen molar-refractivity contribution in [2.45, 2.75) is 57.9 Å². The largest absolute Gasteiger partial charge is 0.467 e. The van der Waals surface area contributed by atoms with Crippen LogP contribution in [0.15, 0.2) is 0 Å². The number of carbonyl (C=O) groups excluding carboxylic acids is 2. The summed E-state index contributed by atoms with van der Waals surface area (Å²) in [6.45, 7) is 1.65. The maximum absolute atomic E-state index is 11.7. The average molecular weight is 241 g/mol. The van der Waals surface area contributed by atoms with E-state index in [0.717, 1.165) is 12.8 Å². The van der Waals surface area contributed by atoms with Gasteiger partial charge in [0, 0.05) is 6.42 Å². The quantitative estimate of drug-likeness (QED) is 0.605. The zero-order valence-corrected chi connectivity index (χ0v) is 10.8. The van der Waals surface area contributed by atoms with Crippen molar-refractivity contribution >= 4 is 11.9 Å². The van der Waals surface area contributed by atoms with Gasteiger partial charge in [0.1, 0.15) is 6.04 Å². The van der Waals surface area contributed by atoms with Crippen LogP contribution in [0.25, 0.3) is 0 Å². The molecule has 1 amide bonds. The summed E-state index contributed by atoms with van der Waals surface area (Å²) < 4.78 is 4.57. The lowest BCUT2D eigenvalue weighted by atomic mass is 9.96. The number of ether oxygens (including phenoxy) is 1. The molecule has 4 nitrogen and oxygen atoms in total. The lowest BCUT2D eigenvalue weighted by Gasteiger charge is -2.16. The summed E-state index contributed by atoms with van der Waals surface area (Å²) in [6, 6.07) is -0.543. The third kappa shape index (κ3) is 5.20. The van der Waals surface area contributed by atoms with Crippen LogP contribution in [0.2, 0.25) is 0 Å². The van der Waals surface area contributed by atoms with E-state index in [1.54, 1.807) is 6.92 Å². The minimum absolute atomic E-state index is 0.0326. The molecule has 98 valence electrons. The monoisotopic (exact) mass is 241 g/mol. The van der Waals surface area contributed by atoms with Crippen LogP contribution in [0.4, 0.5) is 0 Å². The zero-order chi connectivity index (χ0) is 12.7. The SMILES string of the molecule is COC(=O)C(C)NC(=O)CC1CCCCCC1. The predicted octanol–water partition coefficient (Wildman–Crippen LogP) is 2.02. The molecule has 0 aromatic rings. The minimum Gasteiger partial charge on any atom is -0.467 e. The second kappa shape index (κ2) is 7.30. The zero-order valence-electron chi connectivity index (χ0n) is 10.8. The van der Waals surface area contributed by atoms with Gasteiger partial charge in [-0.15, -0.1) is 0 Å². The van der Waals surface area contributed by atoms with Crippen LogP contribution in [0.5, 0.6) is 0 Å². The van der Waals surface area contributed by atoms with Crippen molar-refractivity contribution in [3.63, 3.8) is 0 Å². The van der Waals surface area contributed by atoms with Crippen molar-refractivity contribution in [2.24, 2.45) is 5.92 Å². The second-order valence-corrected chi connectivity index (χ2v) is 4.87. The molecule has 0 spiro atoms. The molecule has 0 saturated heterocycles. The summed E-state index contributed by atoms with van der Waals surface area (Å²) in [7, 11) is 1.33. The maximum atomic E-state index is 11.7. The molecule has 0 aliphatic heterocycles. The summed E-state index contributed by atoms with van der Waals surface area (Å²) in [6.07, 6.45) is 7.85. The number of methoxy groups -OCH3 is 1. The highest BCUT2D eigenvalue weighted by atomic mass is 16.5. The average Bonchev–Trinajstić information content (AvgIpc) is 2.56. The number of amides is 1. The first-order valence-corrected chi connectivity index (χ1v) is 6.50. The molecular formula is C13H23NO3. The fourth-order valence-corrected chi connectivity index (χ4v) is 2.37. The van der Waals surface area contributed by atoms with Gasteiger partial charge in [0.2, 0.25) is 5.91 Å². The Morgan fingerprint density at radius 1 is 1.24 bits per heavy atom. The predicted molar refractivity (Wildman–Crippen MR) is 65.4 cm³/mol. The van der Waals surface area contributed by atoms with E-state index < -0.39 is 6.04 Å². The molecule has 1 aliphatic carbocycles. The Kier molecular flexibility index (Phi) is 6.01. The molecule has 0 aromatic heterocycles. The van der Waals surface area contributed by atoms with E-state index >= 15 is 0 Å². The van der Waals surface area contributed by atoms with Crippen molar-refractivity contribution in [2.75, 3.05) is 7.11 Å². The smallest absolute Gasteiger partial charge is 0.328 e. The Morgan fingerprint density at radius 3 is 2.35 bits per heavy atom. The minimum atomic E-state index is -0.543. The standard InChI is InChI=1S/C13H23NO3/c1-10(13(16)17-2)14-12(15)9-11-7-5-3-4-6-8-11/h10-11H,3-9H2,1-2H3,(H,14,15). The van der Waals surface area contributed by atoms with E-state index in [-0.39, 0.29) is 11.9 Å². The molecule has 0 aromatic carbocycles. The van der Waals surface area contributed by atoms with E-state index in [1.165, 1.54) is 32.8 Å². The van der Waals surface area contributed by atoms with Crippen molar-refractivity contribution in [1.82, 2.24) is 5.32 Å². The number of carbonyl (C=O) groups is 2. The molecule has 1 aliphatic rings. The van der Waals surface area contributed by atoms with Crippen molar-refractivity contribution < 1.29 is 14.3 Å². The highest BCUT2D eigenvalue weighted by Gasteiger charge is 2.19. The summed E-state index contributed by atoms with van der Waals surface area (Å²) in [5.41, 5.74) is 0. The van der Waals surface area contributed by atoms with Crippen LogP contribution in [-0.2, 0) is 14.3 Å². The summed E-state index contributed by atoms with van der Waals surface area (Å²) in [4.78, 5) is 22.9. The third-order valence-corrected chi connectivity index (χ3v) is 3.38. The molecule has 1 fully saturated rings. The molecule has 1 rings (SSSR count). The van der Waals surface area contributed by atoms with Crippen LogP contribution >= 0.6 is 0 Å². The molecular weight excluding hydrogens is 218 g/mol. The van der Waals surface area contributed by atoms with E-state index in [0.29, 0.717) is 12.3 Å². The van der Waals surface area contributed by atoms with Gasteiger partial charge < -0.3 is 10.1 Å². The number of hydrogen-bond donors (Lipinski definition) is 1. The molecule has 1 atom stereocenters. The van der Waals surface area contributed by atoms with Crippen LogP contribution < -0.4 is 5.32 Å². The Hall–Kier alpha value is -1.06. The van der Waals surface area contributed by atoms with E-state index in [2.05, 4.69) is 10.1 Å². The van der Waals surface area contributed by atoms with Crippen LogP contribution in [0, 0.1) is 5.92 Å². The Bertz CT molecular complexity index is 257. The van der Waals surface area contributed by atoms with Gasteiger partial charge in [0.25, 0.3) is 0 Å². The summed E-state index contributed by atoms with van der Waals surface area (Å²) >= 11 is 0. The summed E-state index contributed by atoms with van der Waals surface area (Å²) in [5, 5.41) is 2.68. The van der Waals surface area contributed by atoms with Crippen molar-refractivity contribution in [3.8, 4) is 0 Å². The van der Waals surface area contributed by atoms with Crippen molar-refractivity contribution in [1.29, 1.82) is 0 Å². The number of nitrogens with one attached hydrogen (secondary N) is 1. The van der Waals surface area contributed by atoms with Gasteiger partial charge in [-0.05, 0) is 25.7 Å². The van der Waals surface area contributed by atoms with E-state index in [9.17, 15) is 9.59 Å². The van der Waals surface area contributed by atoms with Crippen molar-refractivity contribution in [3.05, 3.63) is 0 Å². The van der Waals surface area contributed by atoms with Gasteiger partial charge in [0.05, 0.1) is 7.11 Å². The maximum Gasteiger partial charge on any atom is 0.328 e. The molecule has 1 unspecified atom stereocenters. The van der Waals surface area contributed by atoms with Gasteiger partial charge >= 0.3 is 5.97 Å². The lowest BCUT2D eigenvalue weighted by molar-refractivity contribution is -0.144. The number of esters is 1. The topological polar surface area (TPSA) is 55.4 Å². The van der Waals surface area contributed by atoms with Gasteiger partial charge in [-0.25, -0.2) is 4.79 Å². The van der Waals surface area contributed by atoms with E-state index in [1.807, 2.05) is 0 Å². The molecule has 1 N–H and O–H groups in total. The fourth-order valence-electron chi connectivity index (χ4n) is 2.37. The fraction of sp³-hybridized carbons (Fsp3) is 0.846. The molecule has 0 bridgehead atoms. The molecule has 0 radical (unpaired) electrons. The van der Waals surface area contributed by atoms with Gasteiger partial charge in [-0.3, -0.25) is 4.79 Å². The Morgan fingerprint density at radius 2 is 1.82 bits per heavy atom. The first kappa shape index (κ1) is 14.0. The Labute approximate surface area is 103 Å². The van der Waals surface area contributed by atoms with Gasteiger partial charge in [0.15, 0.2) is 0 Å². The Balaban J connectivity index is 2.30. The van der Waals surface area contributed by atoms with Gasteiger partial charge in [-0.1, -0.05) is 25.7 Å². The highest BCUT2D eigenvalue weighted by molar-refractivity contribution is 5.84. The van der Waals surface area contributed by atoms with Crippen LogP contribution in [-0.4, -0.2) is 25.0 Å². The molecule has 1 saturated carbocycles. The first-order valence-electron chi connectivity index (χ1n) is 6.50. The third-order valence-electron chi connectivity index (χ3n) is 3.38. The second-order valence-electron chi connectivity index (χ2n) is 4.87. The van der Waals surface area contributed by atoms with Crippen LogP contribution in [0.3, 0.4) is 0 Å². The molecule has 17 heavy (non-hydrogen) atoms.